The van der Waals surface area contributed by atoms with E-state index in [2.05, 4.69) is 9.97 Å². The maximum absolute atomic E-state index is 12.6. The molecule has 1 atom stereocenters. The van der Waals surface area contributed by atoms with E-state index in [4.69, 9.17) is 0 Å². The minimum atomic E-state index is -0.214. The third-order valence-corrected chi connectivity index (χ3v) is 4.88. The van der Waals surface area contributed by atoms with Gasteiger partial charge in [0, 0.05) is 25.8 Å². The number of nitrogens with zero attached hydrogens (tertiary/aromatic N) is 2. The lowest BCUT2D eigenvalue weighted by Gasteiger charge is -2.34. The average molecular weight is 327 g/mol. The molecule has 1 N–H and O–H groups in total. The van der Waals surface area contributed by atoms with Crippen LogP contribution < -0.4 is 0 Å². The van der Waals surface area contributed by atoms with Gasteiger partial charge >= 0.3 is 0 Å². The number of aromatic nitrogens is 2. The van der Waals surface area contributed by atoms with Gasteiger partial charge in [-0.15, -0.1) is 0 Å². The summed E-state index contributed by atoms with van der Waals surface area (Å²) in [5, 5.41) is 0. The van der Waals surface area contributed by atoms with Gasteiger partial charge in [-0.3, -0.25) is 9.59 Å². The standard InChI is InChI=1S/C19H25N3O2/c1-3-16(23)15-9-4-5-12-22(15)18(24)11-10-17-20-14-8-6-7-13(2)19(14)21-17/h6-8,15H,3-5,9-12H2,1-2H3,(H,20,21)/t15-/m1/s1. The van der Waals surface area contributed by atoms with E-state index in [1.54, 1.807) is 4.90 Å². The molecule has 2 aromatic rings. The molecule has 2 heterocycles. The molecule has 0 bridgehead atoms. The summed E-state index contributed by atoms with van der Waals surface area (Å²) in [7, 11) is 0. The van der Waals surface area contributed by atoms with Gasteiger partial charge in [0.25, 0.3) is 0 Å². The Morgan fingerprint density at radius 1 is 1.33 bits per heavy atom. The number of fused-ring (bicyclic) bond motifs is 1. The fourth-order valence-electron chi connectivity index (χ4n) is 3.51. The van der Waals surface area contributed by atoms with Crippen molar-refractivity contribution >= 4 is 22.7 Å². The van der Waals surface area contributed by atoms with Crippen molar-refractivity contribution in [3.05, 3.63) is 29.6 Å². The molecule has 0 unspecified atom stereocenters. The van der Waals surface area contributed by atoms with Gasteiger partial charge in [0.1, 0.15) is 5.82 Å². The SMILES string of the molecule is CCC(=O)[C@H]1CCCCN1C(=O)CCc1nc2c(C)cccc2[nH]1. The maximum atomic E-state index is 12.6. The zero-order valence-electron chi connectivity index (χ0n) is 14.5. The third-order valence-electron chi connectivity index (χ3n) is 4.88. The van der Waals surface area contributed by atoms with Crippen LogP contribution in [0.1, 0.15) is 50.4 Å². The topological polar surface area (TPSA) is 66.1 Å². The molecule has 24 heavy (non-hydrogen) atoms. The number of aryl methyl sites for hydroxylation is 2. The molecule has 3 rings (SSSR count). The Labute approximate surface area is 142 Å². The lowest BCUT2D eigenvalue weighted by atomic mass is 9.96. The van der Waals surface area contributed by atoms with E-state index in [0.29, 0.717) is 25.8 Å². The molecular formula is C19H25N3O2. The second-order valence-electron chi connectivity index (χ2n) is 6.57. The number of piperidine rings is 1. The van der Waals surface area contributed by atoms with Crippen LogP contribution in [-0.2, 0) is 16.0 Å². The van der Waals surface area contributed by atoms with Crippen molar-refractivity contribution in [2.75, 3.05) is 6.54 Å². The smallest absolute Gasteiger partial charge is 0.223 e. The Morgan fingerprint density at radius 3 is 2.92 bits per heavy atom. The van der Waals surface area contributed by atoms with E-state index in [1.165, 1.54) is 0 Å². The molecular weight excluding hydrogens is 302 g/mol. The number of likely N-dealkylation sites (tertiary alicyclic amines) is 1. The number of imidazole rings is 1. The number of nitrogens with one attached hydrogen (secondary N) is 1. The highest BCUT2D eigenvalue weighted by Gasteiger charge is 2.30. The summed E-state index contributed by atoms with van der Waals surface area (Å²) in [5.74, 6) is 1.09. The van der Waals surface area contributed by atoms with Crippen LogP contribution in [0, 0.1) is 6.92 Å². The highest BCUT2D eigenvalue weighted by Crippen LogP contribution is 2.21. The third kappa shape index (κ3) is 3.35. The Morgan fingerprint density at radius 2 is 2.17 bits per heavy atom. The fraction of sp³-hybridized carbons (Fsp3) is 0.526. The number of carbonyl (C=O) groups excluding carboxylic acids is 2. The van der Waals surface area contributed by atoms with Crippen molar-refractivity contribution in [3.63, 3.8) is 0 Å². The normalized spacial score (nSPS) is 18.1. The van der Waals surface area contributed by atoms with E-state index >= 15 is 0 Å². The number of hydrogen-bond donors (Lipinski definition) is 1. The first-order chi connectivity index (χ1) is 11.6. The van der Waals surface area contributed by atoms with Crippen LogP contribution >= 0.6 is 0 Å². The minimum Gasteiger partial charge on any atom is -0.342 e. The van der Waals surface area contributed by atoms with Crippen LogP contribution in [0.4, 0.5) is 0 Å². The van der Waals surface area contributed by atoms with Gasteiger partial charge in [-0.1, -0.05) is 19.1 Å². The van der Waals surface area contributed by atoms with Crippen molar-refractivity contribution in [1.82, 2.24) is 14.9 Å². The number of ketones is 1. The van der Waals surface area contributed by atoms with E-state index in [9.17, 15) is 9.59 Å². The zero-order chi connectivity index (χ0) is 17.1. The van der Waals surface area contributed by atoms with E-state index in [0.717, 1.165) is 41.7 Å². The zero-order valence-corrected chi connectivity index (χ0v) is 14.5. The number of hydrogen-bond acceptors (Lipinski definition) is 3. The van der Waals surface area contributed by atoms with Crippen LogP contribution in [0.5, 0.6) is 0 Å². The molecule has 1 fully saturated rings. The van der Waals surface area contributed by atoms with E-state index in [1.807, 2.05) is 32.0 Å². The maximum Gasteiger partial charge on any atom is 0.223 e. The highest BCUT2D eigenvalue weighted by atomic mass is 16.2. The summed E-state index contributed by atoms with van der Waals surface area (Å²) in [6.45, 7) is 4.61. The number of H-pyrrole nitrogens is 1. The van der Waals surface area contributed by atoms with Crippen LogP contribution in [0.25, 0.3) is 11.0 Å². The van der Waals surface area contributed by atoms with Gasteiger partial charge in [0.2, 0.25) is 5.91 Å². The van der Waals surface area contributed by atoms with Crippen molar-refractivity contribution in [2.24, 2.45) is 0 Å². The summed E-state index contributed by atoms with van der Waals surface area (Å²) < 4.78 is 0. The van der Waals surface area contributed by atoms with Crippen LogP contribution in [-0.4, -0.2) is 39.1 Å². The second kappa shape index (κ2) is 7.16. The van der Waals surface area contributed by atoms with Crippen molar-refractivity contribution < 1.29 is 9.59 Å². The monoisotopic (exact) mass is 327 g/mol. The van der Waals surface area contributed by atoms with Gasteiger partial charge in [0.05, 0.1) is 17.1 Å². The molecule has 5 heteroatoms. The number of aromatic amines is 1. The van der Waals surface area contributed by atoms with Gasteiger partial charge < -0.3 is 9.88 Å². The molecule has 5 nitrogen and oxygen atoms in total. The number of carbonyl (C=O) groups is 2. The van der Waals surface area contributed by atoms with E-state index in [-0.39, 0.29) is 17.7 Å². The molecule has 0 saturated carbocycles. The molecule has 128 valence electrons. The second-order valence-corrected chi connectivity index (χ2v) is 6.57. The molecule has 0 aliphatic carbocycles. The molecule has 1 amide bonds. The predicted molar refractivity (Wildman–Crippen MR) is 93.8 cm³/mol. The summed E-state index contributed by atoms with van der Waals surface area (Å²) >= 11 is 0. The number of Topliss-reactive ketones (excluding diaryl/α,β-unsaturated/α-hetero) is 1. The van der Waals surface area contributed by atoms with Crippen molar-refractivity contribution in [2.45, 2.75) is 58.4 Å². The van der Waals surface area contributed by atoms with Crippen molar-refractivity contribution in [1.29, 1.82) is 0 Å². The van der Waals surface area contributed by atoms with Gasteiger partial charge in [-0.05, 0) is 37.8 Å². The van der Waals surface area contributed by atoms with Crippen LogP contribution in [0.15, 0.2) is 18.2 Å². The average Bonchev–Trinajstić information content (AvgIpc) is 3.03. The lowest BCUT2D eigenvalue weighted by Crippen LogP contribution is -2.47. The lowest BCUT2D eigenvalue weighted by molar-refractivity contribution is -0.141. The highest BCUT2D eigenvalue weighted by molar-refractivity contribution is 5.89. The summed E-state index contributed by atoms with van der Waals surface area (Å²) in [6, 6.07) is 5.82. The largest absolute Gasteiger partial charge is 0.342 e. The molecule has 1 aliphatic heterocycles. The minimum absolute atomic E-state index is 0.0682. The molecule has 1 aromatic heterocycles. The molecule has 1 saturated heterocycles. The van der Waals surface area contributed by atoms with Gasteiger partial charge in [0.15, 0.2) is 5.78 Å². The summed E-state index contributed by atoms with van der Waals surface area (Å²) in [5.41, 5.74) is 3.11. The molecule has 1 aliphatic rings. The first-order valence-corrected chi connectivity index (χ1v) is 8.86. The first-order valence-electron chi connectivity index (χ1n) is 8.86. The van der Waals surface area contributed by atoms with Gasteiger partial charge in [-0.25, -0.2) is 4.98 Å². The van der Waals surface area contributed by atoms with Gasteiger partial charge in [-0.2, -0.15) is 0 Å². The van der Waals surface area contributed by atoms with Crippen molar-refractivity contribution in [3.8, 4) is 0 Å². The quantitative estimate of drug-likeness (QED) is 0.917. The predicted octanol–water partition coefficient (Wildman–Crippen LogP) is 3.16. The summed E-state index contributed by atoms with van der Waals surface area (Å²) in [6.07, 6.45) is 4.30. The molecule has 0 spiro atoms. The molecule has 1 aromatic carbocycles. The van der Waals surface area contributed by atoms with Crippen LogP contribution in [0.2, 0.25) is 0 Å². The number of para-hydroxylation sites is 1. The number of rotatable bonds is 5. The summed E-state index contributed by atoms with van der Waals surface area (Å²) in [4.78, 5) is 34.4. The number of benzene rings is 1. The van der Waals surface area contributed by atoms with E-state index < -0.39 is 0 Å². The Bertz CT molecular complexity index is 750. The molecule has 0 radical (unpaired) electrons. The number of amides is 1. The fourth-order valence-corrected chi connectivity index (χ4v) is 3.51. The Balaban J connectivity index is 1.67. The Kier molecular flexibility index (Phi) is 4.97. The first kappa shape index (κ1) is 16.7. The Hall–Kier alpha value is -2.17. The van der Waals surface area contributed by atoms with Crippen LogP contribution in [0.3, 0.4) is 0 Å².